The third-order valence-corrected chi connectivity index (χ3v) is 4.63. The maximum Gasteiger partial charge on any atom is 0.416 e. The minimum atomic E-state index is -4.56. The Morgan fingerprint density at radius 1 is 1.30 bits per heavy atom. The molecule has 1 atom stereocenters. The molecule has 0 amide bonds. The third-order valence-electron chi connectivity index (χ3n) is 3.26. The lowest BCUT2D eigenvalue weighted by molar-refractivity contribution is -0.138. The maximum absolute atomic E-state index is 13.0. The van der Waals surface area contributed by atoms with E-state index in [0.29, 0.717) is 5.56 Å². The molecule has 2 aromatic rings. The molecule has 1 heterocycles. The Kier molecular flexibility index (Phi) is 4.81. The standard InChI is InChI=1S/C14H15F3N2O3S/c1-9-7-22-18-13(9)8-23(20,21)19-10(2)11-5-3-4-6-12(11)14(15,16)17/h3-7,10,19H,8H2,1-2H3. The van der Waals surface area contributed by atoms with E-state index in [1.807, 2.05) is 0 Å². The fraction of sp³-hybridized carbons (Fsp3) is 0.357. The van der Waals surface area contributed by atoms with Crippen LogP contribution in [0.1, 0.15) is 35.3 Å². The molecule has 0 radical (unpaired) electrons. The highest BCUT2D eigenvalue weighted by Crippen LogP contribution is 2.34. The van der Waals surface area contributed by atoms with Crippen molar-refractivity contribution in [2.45, 2.75) is 31.8 Å². The lowest BCUT2D eigenvalue weighted by Gasteiger charge is -2.19. The number of alkyl halides is 3. The minimum Gasteiger partial charge on any atom is -0.364 e. The summed E-state index contributed by atoms with van der Waals surface area (Å²) in [4.78, 5) is 0. The Labute approximate surface area is 131 Å². The minimum absolute atomic E-state index is 0.138. The molecule has 1 unspecified atom stereocenters. The van der Waals surface area contributed by atoms with Crippen LogP contribution in [0.2, 0.25) is 0 Å². The van der Waals surface area contributed by atoms with Crippen LogP contribution in [0.3, 0.4) is 0 Å². The number of benzene rings is 1. The molecule has 126 valence electrons. The second kappa shape index (κ2) is 6.32. The van der Waals surface area contributed by atoms with Crippen LogP contribution in [-0.4, -0.2) is 13.6 Å². The summed E-state index contributed by atoms with van der Waals surface area (Å²) in [6.45, 7) is 2.99. The van der Waals surface area contributed by atoms with Crippen LogP contribution in [-0.2, 0) is 22.0 Å². The van der Waals surface area contributed by atoms with Crippen LogP contribution in [0.4, 0.5) is 13.2 Å². The lowest BCUT2D eigenvalue weighted by atomic mass is 10.0. The van der Waals surface area contributed by atoms with Crippen LogP contribution < -0.4 is 4.72 Å². The van der Waals surface area contributed by atoms with Gasteiger partial charge in [0.2, 0.25) is 10.0 Å². The molecule has 0 saturated carbocycles. The monoisotopic (exact) mass is 348 g/mol. The zero-order chi connectivity index (χ0) is 17.3. The van der Waals surface area contributed by atoms with Gasteiger partial charge in [0.25, 0.3) is 0 Å². The summed E-state index contributed by atoms with van der Waals surface area (Å²) >= 11 is 0. The fourth-order valence-electron chi connectivity index (χ4n) is 2.14. The molecule has 1 aromatic carbocycles. The van der Waals surface area contributed by atoms with E-state index in [4.69, 9.17) is 0 Å². The highest BCUT2D eigenvalue weighted by molar-refractivity contribution is 7.88. The van der Waals surface area contributed by atoms with Gasteiger partial charge in [-0.15, -0.1) is 0 Å². The van der Waals surface area contributed by atoms with E-state index in [1.54, 1.807) is 6.92 Å². The first-order valence-electron chi connectivity index (χ1n) is 6.66. The van der Waals surface area contributed by atoms with Gasteiger partial charge in [-0.3, -0.25) is 0 Å². The summed E-state index contributed by atoms with van der Waals surface area (Å²) in [5, 5.41) is 3.56. The van der Waals surface area contributed by atoms with Crippen molar-refractivity contribution in [2.24, 2.45) is 0 Å². The van der Waals surface area contributed by atoms with Crippen molar-refractivity contribution in [3.8, 4) is 0 Å². The second-order valence-corrected chi connectivity index (χ2v) is 6.88. The number of aromatic nitrogens is 1. The van der Waals surface area contributed by atoms with E-state index < -0.39 is 33.6 Å². The van der Waals surface area contributed by atoms with Crippen molar-refractivity contribution in [1.82, 2.24) is 9.88 Å². The summed E-state index contributed by atoms with van der Waals surface area (Å²) in [5.41, 5.74) is -0.235. The van der Waals surface area contributed by atoms with Crippen molar-refractivity contribution in [1.29, 1.82) is 0 Å². The predicted molar refractivity (Wildman–Crippen MR) is 76.9 cm³/mol. The highest BCUT2D eigenvalue weighted by atomic mass is 32.2. The Morgan fingerprint density at radius 3 is 2.52 bits per heavy atom. The Hall–Kier alpha value is -1.87. The quantitative estimate of drug-likeness (QED) is 0.901. The number of rotatable bonds is 5. The number of hydrogen-bond acceptors (Lipinski definition) is 4. The number of nitrogens with one attached hydrogen (secondary N) is 1. The van der Waals surface area contributed by atoms with Gasteiger partial charge in [-0.1, -0.05) is 23.4 Å². The zero-order valence-corrected chi connectivity index (χ0v) is 13.2. The maximum atomic E-state index is 13.0. The van der Waals surface area contributed by atoms with Gasteiger partial charge < -0.3 is 4.52 Å². The number of nitrogens with zero attached hydrogens (tertiary/aromatic N) is 1. The van der Waals surface area contributed by atoms with Crippen molar-refractivity contribution < 1.29 is 26.1 Å². The van der Waals surface area contributed by atoms with Gasteiger partial charge in [-0.05, 0) is 25.5 Å². The van der Waals surface area contributed by atoms with Crippen LogP contribution in [0.5, 0.6) is 0 Å². The number of aryl methyl sites for hydroxylation is 1. The molecule has 23 heavy (non-hydrogen) atoms. The molecule has 0 fully saturated rings. The number of hydrogen-bond donors (Lipinski definition) is 1. The van der Waals surface area contributed by atoms with E-state index in [-0.39, 0.29) is 11.3 Å². The molecular formula is C14H15F3N2O3S. The van der Waals surface area contributed by atoms with E-state index in [1.165, 1.54) is 31.4 Å². The van der Waals surface area contributed by atoms with Crippen molar-refractivity contribution >= 4 is 10.0 Å². The van der Waals surface area contributed by atoms with Crippen molar-refractivity contribution in [2.75, 3.05) is 0 Å². The molecule has 0 bridgehead atoms. The summed E-state index contributed by atoms with van der Waals surface area (Å²) in [6.07, 6.45) is -3.26. The van der Waals surface area contributed by atoms with Crippen LogP contribution >= 0.6 is 0 Å². The van der Waals surface area contributed by atoms with Crippen molar-refractivity contribution in [3.63, 3.8) is 0 Å². The van der Waals surface area contributed by atoms with Crippen LogP contribution in [0.25, 0.3) is 0 Å². The molecule has 0 aliphatic carbocycles. The van der Waals surface area contributed by atoms with E-state index in [0.717, 1.165) is 6.07 Å². The molecule has 9 heteroatoms. The molecule has 1 aromatic heterocycles. The van der Waals surface area contributed by atoms with Gasteiger partial charge in [0.1, 0.15) is 17.7 Å². The normalized spacial score (nSPS) is 14.0. The zero-order valence-electron chi connectivity index (χ0n) is 12.4. The van der Waals surface area contributed by atoms with Gasteiger partial charge in [-0.2, -0.15) is 13.2 Å². The second-order valence-electron chi connectivity index (χ2n) is 5.13. The molecular weight excluding hydrogens is 333 g/mol. The van der Waals surface area contributed by atoms with Crippen LogP contribution in [0, 0.1) is 6.92 Å². The largest absolute Gasteiger partial charge is 0.416 e. The van der Waals surface area contributed by atoms with E-state index >= 15 is 0 Å². The van der Waals surface area contributed by atoms with Crippen LogP contribution in [0.15, 0.2) is 35.1 Å². The summed E-state index contributed by atoms with van der Waals surface area (Å²) in [6, 6.07) is 3.81. The predicted octanol–water partition coefficient (Wildman–Crippen LogP) is 3.18. The Balaban J connectivity index is 2.22. The van der Waals surface area contributed by atoms with Gasteiger partial charge >= 0.3 is 6.18 Å². The lowest BCUT2D eigenvalue weighted by Crippen LogP contribution is -2.29. The fourth-order valence-corrected chi connectivity index (χ4v) is 3.53. The van der Waals surface area contributed by atoms with Gasteiger partial charge in [0.15, 0.2) is 0 Å². The number of halogens is 3. The molecule has 0 aliphatic heterocycles. The van der Waals surface area contributed by atoms with E-state index in [2.05, 4.69) is 14.4 Å². The molecule has 0 saturated heterocycles. The molecule has 0 spiro atoms. The van der Waals surface area contributed by atoms with Crippen molar-refractivity contribution in [3.05, 3.63) is 52.9 Å². The summed E-state index contributed by atoms with van der Waals surface area (Å²) < 4.78 is 70.1. The highest BCUT2D eigenvalue weighted by Gasteiger charge is 2.34. The SMILES string of the molecule is Cc1conc1CS(=O)(=O)NC(C)c1ccccc1C(F)(F)F. The first-order chi connectivity index (χ1) is 10.6. The van der Waals surface area contributed by atoms with E-state index in [9.17, 15) is 21.6 Å². The smallest absolute Gasteiger partial charge is 0.364 e. The average molecular weight is 348 g/mol. The topological polar surface area (TPSA) is 72.2 Å². The third kappa shape index (κ3) is 4.32. The van der Waals surface area contributed by atoms with Gasteiger partial charge in [-0.25, -0.2) is 13.1 Å². The molecule has 0 aliphatic rings. The molecule has 2 rings (SSSR count). The average Bonchev–Trinajstić information content (AvgIpc) is 2.82. The van der Waals surface area contributed by atoms with Gasteiger partial charge in [0, 0.05) is 11.6 Å². The molecule has 1 N–H and O–H groups in total. The summed E-state index contributed by atoms with van der Waals surface area (Å²) in [5.74, 6) is -0.464. The van der Waals surface area contributed by atoms with Gasteiger partial charge in [0.05, 0.1) is 5.56 Å². The number of sulfonamides is 1. The Bertz CT molecular complexity index is 785. The first-order valence-corrected chi connectivity index (χ1v) is 8.31. The molecule has 5 nitrogen and oxygen atoms in total. The summed E-state index contributed by atoms with van der Waals surface area (Å²) in [7, 11) is -3.88. The Morgan fingerprint density at radius 2 is 1.96 bits per heavy atom. The first kappa shape index (κ1) is 17.5.